The van der Waals surface area contributed by atoms with Gasteiger partial charge in [-0.25, -0.2) is 0 Å². The van der Waals surface area contributed by atoms with Crippen LogP contribution in [0.15, 0.2) is 91.0 Å². The van der Waals surface area contributed by atoms with Crippen LogP contribution in [-0.4, -0.2) is 6.41 Å². The monoisotopic (exact) mass is 311 g/mol. The van der Waals surface area contributed by atoms with Crippen LogP contribution in [0.2, 0.25) is 0 Å². The third-order valence-electron chi connectivity index (χ3n) is 4.44. The summed E-state index contributed by atoms with van der Waals surface area (Å²) in [6.07, 6.45) is 3.11. The molecule has 1 atom stereocenters. The molecule has 1 aliphatic heterocycles. The molecule has 1 amide bonds. The van der Waals surface area contributed by atoms with Crippen molar-refractivity contribution < 1.29 is 4.79 Å². The molecule has 1 heterocycles. The fourth-order valence-corrected chi connectivity index (χ4v) is 3.30. The molecule has 0 aliphatic carbocycles. The molecule has 0 aromatic heterocycles. The first kappa shape index (κ1) is 14.5. The van der Waals surface area contributed by atoms with Gasteiger partial charge in [0.1, 0.15) is 0 Å². The molecule has 0 fully saturated rings. The third-order valence-corrected chi connectivity index (χ3v) is 4.44. The van der Waals surface area contributed by atoms with Crippen molar-refractivity contribution in [2.75, 3.05) is 4.90 Å². The standard InChI is InChI=1S/C22H17NO/c24-16-23-21-14-8-7-13-19(21)20(17-9-3-1-4-10-17)15-22(23)18-11-5-2-6-12-18/h1-16,22H. The van der Waals surface area contributed by atoms with Crippen LogP contribution in [0, 0.1) is 0 Å². The zero-order valence-electron chi connectivity index (χ0n) is 13.2. The largest absolute Gasteiger partial charge is 0.303 e. The van der Waals surface area contributed by atoms with Crippen molar-refractivity contribution in [3.05, 3.63) is 108 Å². The number of benzene rings is 3. The van der Waals surface area contributed by atoms with E-state index in [1.54, 1.807) is 4.90 Å². The molecule has 3 aromatic carbocycles. The number of amides is 1. The average Bonchev–Trinajstić information content (AvgIpc) is 2.68. The SMILES string of the molecule is O=CN1c2ccccc2C(c2ccccc2)=CC1c1ccccc1. The highest BCUT2D eigenvalue weighted by atomic mass is 16.1. The molecular weight excluding hydrogens is 294 g/mol. The second kappa shape index (κ2) is 6.17. The highest BCUT2D eigenvalue weighted by Crippen LogP contribution is 2.41. The van der Waals surface area contributed by atoms with E-state index in [1.807, 2.05) is 54.6 Å². The number of nitrogens with zero attached hydrogens (tertiary/aromatic N) is 1. The van der Waals surface area contributed by atoms with E-state index in [-0.39, 0.29) is 6.04 Å². The molecule has 0 bridgehead atoms. The Kier molecular flexibility index (Phi) is 3.72. The Labute approximate surface area is 141 Å². The first-order valence-corrected chi connectivity index (χ1v) is 8.04. The van der Waals surface area contributed by atoms with E-state index in [0.29, 0.717) is 0 Å². The van der Waals surface area contributed by atoms with Crippen LogP contribution >= 0.6 is 0 Å². The fourth-order valence-electron chi connectivity index (χ4n) is 3.30. The Morgan fingerprint density at radius 2 is 1.38 bits per heavy atom. The second-order valence-corrected chi connectivity index (χ2v) is 5.83. The number of carbonyl (C=O) groups is 1. The molecule has 116 valence electrons. The zero-order chi connectivity index (χ0) is 16.4. The van der Waals surface area contributed by atoms with Crippen molar-refractivity contribution >= 4 is 17.7 Å². The Morgan fingerprint density at radius 1 is 0.750 bits per heavy atom. The number of hydrogen-bond donors (Lipinski definition) is 0. The Hall–Kier alpha value is -3.13. The Bertz CT molecular complexity index is 884. The summed E-state index contributed by atoms with van der Waals surface area (Å²) in [6.45, 7) is 0. The summed E-state index contributed by atoms with van der Waals surface area (Å²) in [5.41, 5.74) is 5.47. The van der Waals surface area contributed by atoms with Gasteiger partial charge in [-0.2, -0.15) is 0 Å². The molecule has 24 heavy (non-hydrogen) atoms. The lowest BCUT2D eigenvalue weighted by Gasteiger charge is -2.34. The van der Waals surface area contributed by atoms with Crippen molar-refractivity contribution in [2.24, 2.45) is 0 Å². The molecule has 0 saturated carbocycles. The fraction of sp³-hybridized carbons (Fsp3) is 0.0455. The molecular formula is C22H17NO. The van der Waals surface area contributed by atoms with Gasteiger partial charge in [0.05, 0.1) is 11.7 Å². The van der Waals surface area contributed by atoms with E-state index in [0.717, 1.165) is 34.4 Å². The van der Waals surface area contributed by atoms with E-state index in [9.17, 15) is 4.79 Å². The minimum atomic E-state index is -0.103. The summed E-state index contributed by atoms with van der Waals surface area (Å²) >= 11 is 0. The van der Waals surface area contributed by atoms with E-state index in [1.165, 1.54) is 0 Å². The van der Waals surface area contributed by atoms with E-state index in [4.69, 9.17) is 0 Å². The number of hydrogen-bond acceptors (Lipinski definition) is 1. The van der Waals surface area contributed by atoms with Crippen molar-refractivity contribution in [2.45, 2.75) is 6.04 Å². The van der Waals surface area contributed by atoms with Crippen LogP contribution < -0.4 is 4.90 Å². The maximum atomic E-state index is 11.8. The molecule has 3 aromatic rings. The lowest BCUT2D eigenvalue weighted by Crippen LogP contribution is -2.29. The normalized spacial score (nSPS) is 16.2. The molecule has 0 saturated heterocycles. The quantitative estimate of drug-likeness (QED) is 0.634. The second-order valence-electron chi connectivity index (χ2n) is 5.83. The summed E-state index contributed by atoms with van der Waals surface area (Å²) < 4.78 is 0. The van der Waals surface area contributed by atoms with Crippen LogP contribution in [0.1, 0.15) is 22.7 Å². The molecule has 0 radical (unpaired) electrons. The summed E-state index contributed by atoms with van der Waals surface area (Å²) in [7, 11) is 0. The van der Waals surface area contributed by atoms with Gasteiger partial charge < -0.3 is 4.90 Å². The van der Waals surface area contributed by atoms with Gasteiger partial charge >= 0.3 is 0 Å². The molecule has 1 unspecified atom stereocenters. The molecule has 0 spiro atoms. The smallest absolute Gasteiger partial charge is 0.214 e. The lowest BCUT2D eigenvalue weighted by molar-refractivity contribution is -0.107. The maximum absolute atomic E-state index is 11.8. The number of rotatable bonds is 3. The minimum absolute atomic E-state index is 0.103. The Balaban J connectivity index is 1.94. The number of anilines is 1. The number of carbonyl (C=O) groups excluding carboxylic acids is 1. The third kappa shape index (κ3) is 2.42. The number of fused-ring (bicyclic) bond motifs is 1. The van der Waals surface area contributed by atoms with Crippen LogP contribution in [0.4, 0.5) is 5.69 Å². The van der Waals surface area contributed by atoms with E-state index >= 15 is 0 Å². The van der Waals surface area contributed by atoms with Gasteiger partial charge in [-0.15, -0.1) is 0 Å². The maximum Gasteiger partial charge on any atom is 0.214 e. The number of para-hydroxylation sites is 1. The van der Waals surface area contributed by atoms with Gasteiger partial charge in [-0.05, 0) is 28.8 Å². The summed E-state index contributed by atoms with van der Waals surface area (Å²) in [5, 5.41) is 0. The van der Waals surface area contributed by atoms with Crippen LogP contribution in [0.5, 0.6) is 0 Å². The van der Waals surface area contributed by atoms with Crippen LogP contribution in [-0.2, 0) is 4.79 Å². The topological polar surface area (TPSA) is 20.3 Å². The molecule has 4 rings (SSSR count). The summed E-state index contributed by atoms with van der Waals surface area (Å²) in [5.74, 6) is 0. The minimum Gasteiger partial charge on any atom is -0.303 e. The molecule has 0 N–H and O–H groups in total. The summed E-state index contributed by atoms with van der Waals surface area (Å²) in [4.78, 5) is 13.6. The van der Waals surface area contributed by atoms with Gasteiger partial charge in [0.25, 0.3) is 0 Å². The van der Waals surface area contributed by atoms with Crippen LogP contribution in [0.25, 0.3) is 5.57 Å². The highest BCUT2D eigenvalue weighted by Gasteiger charge is 2.27. The van der Waals surface area contributed by atoms with Crippen LogP contribution in [0.3, 0.4) is 0 Å². The predicted molar refractivity (Wildman–Crippen MR) is 97.7 cm³/mol. The summed E-state index contributed by atoms with van der Waals surface area (Å²) in [6, 6.07) is 28.4. The van der Waals surface area contributed by atoms with E-state index in [2.05, 4.69) is 36.4 Å². The zero-order valence-corrected chi connectivity index (χ0v) is 13.2. The van der Waals surface area contributed by atoms with E-state index < -0.39 is 0 Å². The van der Waals surface area contributed by atoms with Gasteiger partial charge in [0.15, 0.2) is 0 Å². The van der Waals surface area contributed by atoms with Gasteiger partial charge in [-0.3, -0.25) is 4.79 Å². The van der Waals surface area contributed by atoms with Crippen molar-refractivity contribution in [3.8, 4) is 0 Å². The molecule has 2 heteroatoms. The first-order valence-electron chi connectivity index (χ1n) is 8.04. The van der Waals surface area contributed by atoms with Gasteiger partial charge in [0, 0.05) is 5.56 Å². The highest BCUT2D eigenvalue weighted by molar-refractivity contribution is 5.95. The Morgan fingerprint density at radius 3 is 2.08 bits per heavy atom. The van der Waals surface area contributed by atoms with Crippen molar-refractivity contribution in [1.82, 2.24) is 0 Å². The van der Waals surface area contributed by atoms with Gasteiger partial charge in [-0.1, -0.05) is 78.9 Å². The molecule has 2 nitrogen and oxygen atoms in total. The predicted octanol–water partition coefficient (Wildman–Crippen LogP) is 4.84. The first-order chi connectivity index (χ1) is 11.9. The van der Waals surface area contributed by atoms with Crippen molar-refractivity contribution in [1.29, 1.82) is 0 Å². The van der Waals surface area contributed by atoms with Gasteiger partial charge in [0.2, 0.25) is 6.41 Å². The lowest BCUT2D eigenvalue weighted by atomic mass is 9.88. The molecule has 1 aliphatic rings. The average molecular weight is 311 g/mol. The van der Waals surface area contributed by atoms with Crippen molar-refractivity contribution in [3.63, 3.8) is 0 Å².